The predicted octanol–water partition coefficient (Wildman–Crippen LogP) is -0.568. The molecule has 0 radical (unpaired) electrons. The summed E-state index contributed by atoms with van der Waals surface area (Å²) in [6.45, 7) is -0.0603. The van der Waals surface area contributed by atoms with Gasteiger partial charge in [-0.1, -0.05) is 0 Å². The molecule has 3 atom stereocenters. The zero-order valence-electron chi connectivity index (χ0n) is 11.3. The third-order valence-corrected chi connectivity index (χ3v) is 4.78. The van der Waals surface area contributed by atoms with Gasteiger partial charge in [0.05, 0.1) is 19.2 Å². The Hall–Kier alpha value is -0.830. The maximum absolute atomic E-state index is 10.8. The number of carboxylic acid groups (broad SMARTS) is 2. The van der Waals surface area contributed by atoms with Crippen LogP contribution in [0.2, 0.25) is 0 Å². The second-order valence-corrected chi connectivity index (χ2v) is 6.27. The second kappa shape index (κ2) is 8.46. The van der Waals surface area contributed by atoms with Gasteiger partial charge in [-0.3, -0.25) is 14.5 Å². The number of carbonyl (C=O) groups is 2. The van der Waals surface area contributed by atoms with Crippen LogP contribution >= 0.6 is 11.8 Å². The largest absolute Gasteiger partial charge is 0.480 e. The van der Waals surface area contributed by atoms with Crippen molar-refractivity contribution in [1.82, 2.24) is 4.90 Å². The van der Waals surface area contributed by atoms with Crippen molar-refractivity contribution in [2.24, 2.45) is 5.73 Å². The molecule has 0 amide bonds. The molecule has 0 spiro atoms. The van der Waals surface area contributed by atoms with Gasteiger partial charge in [0, 0.05) is 23.6 Å². The van der Waals surface area contributed by atoms with Crippen molar-refractivity contribution in [2.45, 2.75) is 36.7 Å². The molecular formula is C12H22N2O5S. The lowest BCUT2D eigenvalue weighted by Crippen LogP contribution is -2.48. The van der Waals surface area contributed by atoms with E-state index >= 15 is 0 Å². The van der Waals surface area contributed by atoms with Crippen LogP contribution in [-0.4, -0.2) is 74.9 Å². The van der Waals surface area contributed by atoms with Crippen molar-refractivity contribution in [3.8, 4) is 0 Å². The van der Waals surface area contributed by atoms with Gasteiger partial charge in [-0.2, -0.15) is 11.8 Å². The molecule has 1 saturated carbocycles. The molecule has 0 aromatic carbocycles. The average molecular weight is 306 g/mol. The Kier molecular flexibility index (Phi) is 7.28. The van der Waals surface area contributed by atoms with E-state index < -0.39 is 18.0 Å². The molecule has 0 bridgehead atoms. The molecule has 116 valence electrons. The summed E-state index contributed by atoms with van der Waals surface area (Å²) >= 11 is 1.57. The first-order valence-electron chi connectivity index (χ1n) is 6.61. The van der Waals surface area contributed by atoms with Gasteiger partial charge in [-0.25, -0.2) is 0 Å². The highest BCUT2D eigenvalue weighted by Gasteiger charge is 2.33. The van der Waals surface area contributed by atoms with Crippen LogP contribution in [0, 0.1) is 0 Å². The minimum absolute atomic E-state index is 0.0117. The maximum atomic E-state index is 10.8. The molecule has 1 rings (SSSR count). The van der Waals surface area contributed by atoms with Crippen LogP contribution < -0.4 is 5.73 Å². The molecule has 1 aliphatic carbocycles. The lowest BCUT2D eigenvalue weighted by Gasteiger charge is -2.38. The third-order valence-electron chi connectivity index (χ3n) is 3.37. The van der Waals surface area contributed by atoms with E-state index in [0.717, 1.165) is 5.75 Å². The standard InChI is InChI=1S/C12H22N2O5S/c13-3-4-20-10-5-8(1-2-9(10)15)14(6-11(16)17)7-12(18)19/h8-10,15H,1-7,13H2,(H,16,17)(H,18,19). The zero-order chi connectivity index (χ0) is 15.1. The smallest absolute Gasteiger partial charge is 0.317 e. The first-order valence-corrected chi connectivity index (χ1v) is 7.66. The molecule has 0 heterocycles. The summed E-state index contributed by atoms with van der Waals surface area (Å²) in [5.74, 6) is -1.35. The molecule has 1 fully saturated rings. The van der Waals surface area contributed by atoms with Crippen LogP contribution in [0.5, 0.6) is 0 Å². The van der Waals surface area contributed by atoms with E-state index in [1.807, 2.05) is 0 Å². The number of carboxylic acids is 2. The summed E-state index contributed by atoms with van der Waals surface area (Å²) < 4.78 is 0. The Balaban J connectivity index is 2.65. The molecular weight excluding hydrogens is 284 g/mol. The number of nitrogens with zero attached hydrogens (tertiary/aromatic N) is 1. The van der Waals surface area contributed by atoms with Crippen LogP contribution in [0.15, 0.2) is 0 Å². The van der Waals surface area contributed by atoms with E-state index in [9.17, 15) is 14.7 Å². The Morgan fingerprint density at radius 3 is 2.30 bits per heavy atom. The Morgan fingerprint density at radius 2 is 1.80 bits per heavy atom. The Bertz CT molecular complexity index is 326. The van der Waals surface area contributed by atoms with E-state index in [1.165, 1.54) is 4.90 Å². The van der Waals surface area contributed by atoms with Crippen molar-refractivity contribution in [2.75, 3.05) is 25.4 Å². The summed E-state index contributed by atoms with van der Waals surface area (Å²) in [4.78, 5) is 23.2. The average Bonchev–Trinajstić information content (AvgIpc) is 2.36. The summed E-state index contributed by atoms with van der Waals surface area (Å²) in [7, 11) is 0. The monoisotopic (exact) mass is 306 g/mol. The number of thioether (sulfide) groups is 1. The van der Waals surface area contributed by atoms with Gasteiger partial charge in [0.2, 0.25) is 0 Å². The van der Waals surface area contributed by atoms with Gasteiger partial charge in [0.15, 0.2) is 0 Å². The summed E-state index contributed by atoms with van der Waals surface area (Å²) in [6.07, 6.45) is 1.33. The van der Waals surface area contributed by atoms with Crippen LogP contribution in [-0.2, 0) is 9.59 Å². The molecule has 0 aromatic rings. The highest BCUT2D eigenvalue weighted by atomic mass is 32.2. The van der Waals surface area contributed by atoms with Crippen molar-refractivity contribution < 1.29 is 24.9 Å². The predicted molar refractivity (Wildman–Crippen MR) is 75.8 cm³/mol. The van der Waals surface area contributed by atoms with Gasteiger partial charge in [0.1, 0.15) is 0 Å². The van der Waals surface area contributed by atoms with Gasteiger partial charge >= 0.3 is 11.9 Å². The lowest BCUT2D eigenvalue weighted by molar-refractivity contribution is -0.143. The van der Waals surface area contributed by atoms with E-state index in [4.69, 9.17) is 15.9 Å². The quantitative estimate of drug-likeness (QED) is 0.470. The van der Waals surface area contributed by atoms with E-state index in [0.29, 0.717) is 25.8 Å². The fraction of sp³-hybridized carbons (Fsp3) is 0.833. The number of aliphatic carboxylic acids is 2. The van der Waals surface area contributed by atoms with E-state index in [-0.39, 0.29) is 24.4 Å². The van der Waals surface area contributed by atoms with Gasteiger partial charge < -0.3 is 21.1 Å². The number of hydrogen-bond donors (Lipinski definition) is 4. The van der Waals surface area contributed by atoms with Crippen LogP contribution in [0.25, 0.3) is 0 Å². The molecule has 5 N–H and O–H groups in total. The van der Waals surface area contributed by atoms with Crippen molar-refractivity contribution in [3.05, 3.63) is 0 Å². The van der Waals surface area contributed by atoms with Gasteiger partial charge in [-0.15, -0.1) is 0 Å². The lowest BCUT2D eigenvalue weighted by atomic mass is 9.91. The number of nitrogens with two attached hydrogens (primary N) is 1. The number of rotatable bonds is 8. The topological polar surface area (TPSA) is 124 Å². The van der Waals surface area contributed by atoms with E-state index in [2.05, 4.69) is 0 Å². The van der Waals surface area contributed by atoms with Crippen LogP contribution in [0.1, 0.15) is 19.3 Å². The molecule has 0 aliphatic heterocycles. The fourth-order valence-corrected chi connectivity index (χ4v) is 3.64. The SMILES string of the molecule is NCCSC1CC(N(CC(=O)O)CC(=O)O)CCC1O. The van der Waals surface area contributed by atoms with Crippen molar-refractivity contribution in [1.29, 1.82) is 0 Å². The molecule has 1 aliphatic rings. The summed E-state index contributed by atoms with van der Waals surface area (Å²) in [5, 5.41) is 27.7. The number of aliphatic hydroxyl groups excluding tert-OH is 1. The molecule has 20 heavy (non-hydrogen) atoms. The van der Waals surface area contributed by atoms with Crippen LogP contribution in [0.4, 0.5) is 0 Å². The zero-order valence-corrected chi connectivity index (χ0v) is 12.1. The normalized spacial score (nSPS) is 26.6. The molecule has 7 nitrogen and oxygen atoms in total. The van der Waals surface area contributed by atoms with Crippen LogP contribution in [0.3, 0.4) is 0 Å². The third kappa shape index (κ3) is 5.66. The summed E-state index contributed by atoms with van der Waals surface area (Å²) in [5.41, 5.74) is 5.45. The number of hydrogen-bond acceptors (Lipinski definition) is 6. The molecule has 0 saturated heterocycles. The first kappa shape index (κ1) is 17.2. The molecule has 8 heteroatoms. The highest BCUT2D eigenvalue weighted by molar-refractivity contribution is 7.99. The maximum Gasteiger partial charge on any atom is 0.317 e. The number of aliphatic hydroxyl groups is 1. The van der Waals surface area contributed by atoms with Crippen molar-refractivity contribution >= 4 is 23.7 Å². The van der Waals surface area contributed by atoms with Crippen molar-refractivity contribution in [3.63, 3.8) is 0 Å². The fourth-order valence-electron chi connectivity index (χ4n) is 2.48. The molecule has 0 aromatic heterocycles. The molecule has 3 unspecified atom stereocenters. The minimum Gasteiger partial charge on any atom is -0.480 e. The summed E-state index contributed by atoms with van der Waals surface area (Å²) in [6, 6.07) is -0.124. The minimum atomic E-state index is -1.04. The van der Waals surface area contributed by atoms with Gasteiger partial charge in [0.25, 0.3) is 0 Å². The highest BCUT2D eigenvalue weighted by Crippen LogP contribution is 2.31. The Labute approximate surface area is 122 Å². The van der Waals surface area contributed by atoms with E-state index in [1.54, 1.807) is 11.8 Å². The first-order chi connectivity index (χ1) is 9.43. The van der Waals surface area contributed by atoms with Gasteiger partial charge in [-0.05, 0) is 19.3 Å². The Morgan fingerprint density at radius 1 is 1.20 bits per heavy atom. The second-order valence-electron chi connectivity index (χ2n) is 4.92.